The molecular formula is C13H26N2O2. The first-order valence-corrected chi connectivity index (χ1v) is 6.73. The van der Waals surface area contributed by atoms with Crippen LogP contribution >= 0.6 is 0 Å². The van der Waals surface area contributed by atoms with Gasteiger partial charge in [-0.25, -0.2) is 4.79 Å². The van der Waals surface area contributed by atoms with Crippen molar-refractivity contribution in [3.8, 4) is 0 Å². The normalized spacial score (nSPS) is 21.9. The lowest BCUT2D eigenvalue weighted by Crippen LogP contribution is -2.48. The lowest BCUT2D eigenvalue weighted by atomic mass is 10.0. The first-order chi connectivity index (χ1) is 7.97. The Balaban J connectivity index is 2.25. The molecule has 1 rings (SSSR count). The average Bonchev–Trinajstić information content (AvgIpc) is 2.73. The molecule has 4 nitrogen and oxygen atoms in total. The molecule has 1 aliphatic rings. The van der Waals surface area contributed by atoms with E-state index in [1.807, 2.05) is 6.92 Å². The van der Waals surface area contributed by atoms with Gasteiger partial charge in [-0.05, 0) is 25.7 Å². The highest BCUT2D eigenvalue weighted by molar-refractivity contribution is 5.74. The molecule has 1 aliphatic carbocycles. The molecule has 2 unspecified atom stereocenters. The van der Waals surface area contributed by atoms with Crippen LogP contribution in [0.5, 0.6) is 0 Å². The van der Waals surface area contributed by atoms with Gasteiger partial charge >= 0.3 is 6.03 Å². The van der Waals surface area contributed by atoms with Crippen LogP contribution < -0.4 is 10.6 Å². The van der Waals surface area contributed by atoms with Crippen LogP contribution in [-0.4, -0.2) is 29.3 Å². The number of hydrogen-bond acceptors (Lipinski definition) is 2. The minimum absolute atomic E-state index is 0.165. The molecule has 0 aromatic heterocycles. The second-order valence-corrected chi connectivity index (χ2v) is 5.43. The van der Waals surface area contributed by atoms with Crippen LogP contribution in [0.1, 0.15) is 52.9 Å². The van der Waals surface area contributed by atoms with E-state index in [9.17, 15) is 9.90 Å². The van der Waals surface area contributed by atoms with E-state index in [1.165, 1.54) is 0 Å². The van der Waals surface area contributed by atoms with Gasteiger partial charge in [0.05, 0.1) is 5.60 Å². The second kappa shape index (κ2) is 6.24. The Morgan fingerprint density at radius 3 is 2.47 bits per heavy atom. The van der Waals surface area contributed by atoms with Gasteiger partial charge in [0, 0.05) is 12.6 Å². The van der Waals surface area contributed by atoms with Crippen molar-refractivity contribution in [2.75, 3.05) is 6.54 Å². The molecular weight excluding hydrogens is 216 g/mol. The largest absolute Gasteiger partial charge is 0.388 e. The monoisotopic (exact) mass is 242 g/mol. The molecule has 0 bridgehead atoms. The van der Waals surface area contributed by atoms with Crippen molar-refractivity contribution < 1.29 is 9.90 Å². The Hall–Kier alpha value is -0.770. The summed E-state index contributed by atoms with van der Waals surface area (Å²) in [5.74, 6) is 0.468. The SMILES string of the molecule is CCC(C)C(C)NC(=O)NCC1(O)CCCC1. The smallest absolute Gasteiger partial charge is 0.315 e. The molecule has 3 N–H and O–H groups in total. The highest BCUT2D eigenvalue weighted by Crippen LogP contribution is 2.28. The Bertz CT molecular complexity index is 250. The van der Waals surface area contributed by atoms with Crippen LogP contribution in [0, 0.1) is 5.92 Å². The lowest BCUT2D eigenvalue weighted by molar-refractivity contribution is 0.0499. The maximum absolute atomic E-state index is 11.6. The molecule has 0 aliphatic heterocycles. The molecule has 1 saturated carbocycles. The zero-order valence-electron chi connectivity index (χ0n) is 11.3. The van der Waals surface area contributed by atoms with Gasteiger partial charge < -0.3 is 15.7 Å². The Morgan fingerprint density at radius 1 is 1.35 bits per heavy atom. The number of aliphatic hydroxyl groups is 1. The molecule has 2 atom stereocenters. The summed E-state index contributed by atoms with van der Waals surface area (Å²) < 4.78 is 0. The van der Waals surface area contributed by atoms with Crippen molar-refractivity contribution in [2.24, 2.45) is 5.92 Å². The maximum atomic E-state index is 11.6. The van der Waals surface area contributed by atoms with E-state index in [1.54, 1.807) is 0 Å². The zero-order valence-corrected chi connectivity index (χ0v) is 11.3. The standard InChI is InChI=1S/C13H26N2O2/c1-4-10(2)11(3)15-12(16)14-9-13(17)7-5-6-8-13/h10-11,17H,4-9H2,1-3H3,(H2,14,15,16). The summed E-state index contributed by atoms with van der Waals surface area (Å²) >= 11 is 0. The summed E-state index contributed by atoms with van der Waals surface area (Å²) in [6.45, 7) is 6.61. The molecule has 1 fully saturated rings. The summed E-state index contributed by atoms with van der Waals surface area (Å²) in [4.78, 5) is 11.6. The van der Waals surface area contributed by atoms with Crippen LogP contribution in [0.3, 0.4) is 0 Å². The van der Waals surface area contributed by atoms with Crippen molar-refractivity contribution in [3.05, 3.63) is 0 Å². The number of amides is 2. The number of nitrogens with one attached hydrogen (secondary N) is 2. The second-order valence-electron chi connectivity index (χ2n) is 5.43. The van der Waals surface area contributed by atoms with Crippen LogP contribution in [0.25, 0.3) is 0 Å². The molecule has 100 valence electrons. The van der Waals surface area contributed by atoms with Gasteiger partial charge in [-0.15, -0.1) is 0 Å². The van der Waals surface area contributed by atoms with Gasteiger partial charge in [0.15, 0.2) is 0 Å². The highest BCUT2D eigenvalue weighted by atomic mass is 16.3. The van der Waals surface area contributed by atoms with Crippen molar-refractivity contribution >= 4 is 6.03 Å². The Labute approximate surface area is 104 Å². The first-order valence-electron chi connectivity index (χ1n) is 6.73. The molecule has 0 radical (unpaired) electrons. The van der Waals surface area contributed by atoms with E-state index >= 15 is 0 Å². The summed E-state index contributed by atoms with van der Waals surface area (Å²) in [5.41, 5.74) is -0.670. The zero-order chi connectivity index (χ0) is 12.9. The van der Waals surface area contributed by atoms with E-state index in [0.717, 1.165) is 32.1 Å². The summed E-state index contributed by atoms with van der Waals surface area (Å²) in [6, 6.07) is -0.00338. The fraction of sp³-hybridized carbons (Fsp3) is 0.923. The minimum Gasteiger partial charge on any atom is -0.388 e. The predicted molar refractivity (Wildman–Crippen MR) is 68.9 cm³/mol. The highest BCUT2D eigenvalue weighted by Gasteiger charge is 2.31. The first kappa shape index (κ1) is 14.3. The number of rotatable bonds is 5. The van der Waals surface area contributed by atoms with Gasteiger partial charge in [0.1, 0.15) is 0 Å². The molecule has 0 spiro atoms. The fourth-order valence-electron chi connectivity index (χ4n) is 2.21. The summed E-state index contributed by atoms with van der Waals surface area (Å²) in [5, 5.41) is 15.8. The number of carbonyl (C=O) groups excluding carboxylic acids is 1. The third-order valence-corrected chi connectivity index (χ3v) is 3.97. The quantitative estimate of drug-likeness (QED) is 0.690. The summed E-state index contributed by atoms with van der Waals surface area (Å²) in [6.07, 6.45) is 4.76. The van der Waals surface area contributed by atoms with Gasteiger partial charge in [-0.1, -0.05) is 33.1 Å². The third kappa shape index (κ3) is 4.54. The number of urea groups is 1. The van der Waals surface area contributed by atoms with Gasteiger partial charge in [-0.2, -0.15) is 0 Å². The number of carbonyl (C=O) groups is 1. The molecule has 0 heterocycles. The molecule has 2 amide bonds. The average molecular weight is 242 g/mol. The molecule has 0 saturated heterocycles. The van der Waals surface area contributed by atoms with Crippen LogP contribution in [-0.2, 0) is 0 Å². The van der Waals surface area contributed by atoms with Crippen molar-refractivity contribution in [3.63, 3.8) is 0 Å². The molecule has 0 aromatic carbocycles. The van der Waals surface area contributed by atoms with Crippen molar-refractivity contribution in [1.82, 2.24) is 10.6 Å². The van der Waals surface area contributed by atoms with E-state index < -0.39 is 5.60 Å². The minimum atomic E-state index is -0.670. The van der Waals surface area contributed by atoms with Gasteiger partial charge in [0.2, 0.25) is 0 Å². The van der Waals surface area contributed by atoms with E-state index in [4.69, 9.17) is 0 Å². The molecule has 17 heavy (non-hydrogen) atoms. The molecule has 4 heteroatoms. The molecule has 0 aromatic rings. The van der Waals surface area contributed by atoms with Crippen molar-refractivity contribution in [1.29, 1.82) is 0 Å². The predicted octanol–water partition coefficient (Wildman–Crippen LogP) is 2.03. The van der Waals surface area contributed by atoms with Gasteiger partial charge in [0.25, 0.3) is 0 Å². The van der Waals surface area contributed by atoms with E-state index in [-0.39, 0.29) is 12.1 Å². The summed E-state index contributed by atoms with van der Waals surface area (Å²) in [7, 11) is 0. The number of hydrogen-bond donors (Lipinski definition) is 3. The van der Waals surface area contributed by atoms with E-state index in [0.29, 0.717) is 12.5 Å². The van der Waals surface area contributed by atoms with Crippen LogP contribution in [0.2, 0.25) is 0 Å². The maximum Gasteiger partial charge on any atom is 0.315 e. The topological polar surface area (TPSA) is 61.4 Å². The van der Waals surface area contributed by atoms with Crippen LogP contribution in [0.15, 0.2) is 0 Å². The van der Waals surface area contributed by atoms with Crippen molar-refractivity contribution in [2.45, 2.75) is 64.5 Å². The third-order valence-electron chi connectivity index (χ3n) is 3.97. The van der Waals surface area contributed by atoms with E-state index in [2.05, 4.69) is 24.5 Å². The Morgan fingerprint density at radius 2 is 1.94 bits per heavy atom. The Kier molecular flexibility index (Phi) is 5.25. The van der Waals surface area contributed by atoms with Crippen LogP contribution in [0.4, 0.5) is 4.79 Å². The fourth-order valence-corrected chi connectivity index (χ4v) is 2.21. The van der Waals surface area contributed by atoms with Gasteiger partial charge in [-0.3, -0.25) is 0 Å². The lowest BCUT2D eigenvalue weighted by Gasteiger charge is -2.24.